The van der Waals surface area contributed by atoms with Crippen LogP contribution in [-0.2, 0) is 5.92 Å². The van der Waals surface area contributed by atoms with Gasteiger partial charge in [-0.25, -0.2) is 8.78 Å². The molecule has 5 heteroatoms. The van der Waals surface area contributed by atoms with E-state index in [0.29, 0.717) is 0 Å². The molecule has 0 heterocycles. The van der Waals surface area contributed by atoms with Crippen molar-refractivity contribution in [3.63, 3.8) is 0 Å². The summed E-state index contributed by atoms with van der Waals surface area (Å²) in [6.45, 7) is -1.50. The number of rotatable bonds is 5. The Bertz CT molecular complexity index is 287. The maximum Gasteiger partial charge on any atom is 0.285 e. The van der Waals surface area contributed by atoms with Crippen molar-refractivity contribution in [2.45, 2.75) is 12.3 Å². The molecule has 0 aromatic heterocycles. The molecule has 1 rings (SSSR count). The zero-order valence-corrected chi connectivity index (χ0v) is 7.89. The Labute approximate surface area is 85.1 Å². The van der Waals surface area contributed by atoms with Gasteiger partial charge in [0.25, 0.3) is 12.3 Å². The van der Waals surface area contributed by atoms with Crippen molar-refractivity contribution in [1.82, 2.24) is 5.32 Å². The normalized spacial score (nSPS) is 12.1. The second kappa shape index (κ2) is 5.11. The van der Waals surface area contributed by atoms with Gasteiger partial charge in [-0.2, -0.15) is 8.78 Å². The van der Waals surface area contributed by atoms with E-state index >= 15 is 0 Å². The maximum atomic E-state index is 13.3. The lowest BCUT2D eigenvalue weighted by atomic mass is 10.1. The standard InChI is InChI=1S/C10H11F4N/c11-9(12)6-15-7-10(13,14)8-4-2-1-3-5-8/h1-5,9,15H,6-7H2. The zero-order chi connectivity index (χ0) is 11.3. The van der Waals surface area contributed by atoms with Crippen molar-refractivity contribution in [3.8, 4) is 0 Å². The molecule has 0 spiro atoms. The van der Waals surface area contributed by atoms with E-state index in [1.807, 2.05) is 5.32 Å². The van der Waals surface area contributed by atoms with Crippen LogP contribution in [0.4, 0.5) is 17.6 Å². The van der Waals surface area contributed by atoms with Gasteiger partial charge < -0.3 is 5.32 Å². The molecule has 1 N–H and O–H groups in total. The maximum absolute atomic E-state index is 13.3. The first-order valence-corrected chi connectivity index (χ1v) is 4.44. The summed E-state index contributed by atoms with van der Waals surface area (Å²) in [5.74, 6) is -3.11. The summed E-state index contributed by atoms with van der Waals surface area (Å²) < 4.78 is 50.0. The monoisotopic (exact) mass is 221 g/mol. The van der Waals surface area contributed by atoms with Gasteiger partial charge in [0.2, 0.25) is 0 Å². The summed E-state index contributed by atoms with van der Waals surface area (Å²) in [5.41, 5.74) is -0.174. The molecule has 1 nitrogen and oxygen atoms in total. The minimum absolute atomic E-state index is 0.174. The van der Waals surface area contributed by atoms with Crippen molar-refractivity contribution >= 4 is 0 Å². The molecule has 0 aliphatic carbocycles. The van der Waals surface area contributed by atoms with Gasteiger partial charge in [0.05, 0.1) is 13.1 Å². The van der Waals surface area contributed by atoms with Crippen molar-refractivity contribution in [3.05, 3.63) is 35.9 Å². The van der Waals surface area contributed by atoms with Gasteiger partial charge >= 0.3 is 0 Å². The van der Waals surface area contributed by atoms with E-state index < -0.39 is 25.4 Å². The fourth-order valence-corrected chi connectivity index (χ4v) is 1.12. The van der Waals surface area contributed by atoms with Gasteiger partial charge in [-0.3, -0.25) is 0 Å². The summed E-state index contributed by atoms with van der Waals surface area (Å²) in [6, 6.07) is 7.12. The Morgan fingerprint density at radius 2 is 1.73 bits per heavy atom. The molecule has 0 aliphatic heterocycles. The lowest BCUT2D eigenvalue weighted by Gasteiger charge is -2.17. The van der Waals surface area contributed by atoms with Gasteiger partial charge in [-0.05, 0) is 0 Å². The average Bonchev–Trinajstić information content (AvgIpc) is 2.18. The summed E-state index contributed by atoms with van der Waals surface area (Å²) >= 11 is 0. The van der Waals surface area contributed by atoms with Crippen molar-refractivity contribution in [2.75, 3.05) is 13.1 Å². The summed E-state index contributed by atoms with van der Waals surface area (Å²) in [7, 11) is 0. The van der Waals surface area contributed by atoms with Crippen LogP contribution in [0, 0.1) is 0 Å². The molecule has 15 heavy (non-hydrogen) atoms. The fourth-order valence-electron chi connectivity index (χ4n) is 1.12. The van der Waals surface area contributed by atoms with Gasteiger partial charge in [-0.1, -0.05) is 30.3 Å². The number of halogens is 4. The van der Waals surface area contributed by atoms with Gasteiger partial charge in [0.1, 0.15) is 0 Å². The molecule has 0 unspecified atom stereocenters. The second-order valence-electron chi connectivity index (χ2n) is 3.09. The Morgan fingerprint density at radius 3 is 2.27 bits per heavy atom. The number of benzene rings is 1. The number of hydrogen-bond acceptors (Lipinski definition) is 1. The molecule has 0 radical (unpaired) electrons. The molecule has 0 bridgehead atoms. The SMILES string of the molecule is FC(F)CNCC(F)(F)c1ccccc1. The number of alkyl halides is 4. The Kier molecular flexibility index (Phi) is 4.08. The third-order valence-corrected chi connectivity index (χ3v) is 1.84. The van der Waals surface area contributed by atoms with E-state index in [2.05, 4.69) is 0 Å². The highest BCUT2D eigenvalue weighted by Crippen LogP contribution is 2.26. The van der Waals surface area contributed by atoms with Crippen molar-refractivity contribution in [2.24, 2.45) is 0 Å². The van der Waals surface area contributed by atoms with E-state index in [0.717, 1.165) is 0 Å². The first-order valence-electron chi connectivity index (χ1n) is 4.44. The largest absolute Gasteiger partial charge is 0.305 e. The quantitative estimate of drug-likeness (QED) is 0.753. The molecular weight excluding hydrogens is 210 g/mol. The lowest BCUT2D eigenvalue weighted by Crippen LogP contribution is -2.33. The van der Waals surface area contributed by atoms with E-state index in [1.54, 1.807) is 6.07 Å². The minimum Gasteiger partial charge on any atom is -0.305 e. The Balaban J connectivity index is 2.52. The molecule has 0 fully saturated rings. The molecule has 0 aliphatic rings. The van der Waals surface area contributed by atoms with Crippen LogP contribution in [0.2, 0.25) is 0 Å². The van der Waals surface area contributed by atoms with Gasteiger partial charge in [-0.15, -0.1) is 0 Å². The third kappa shape index (κ3) is 3.87. The highest BCUT2D eigenvalue weighted by Gasteiger charge is 2.30. The van der Waals surface area contributed by atoms with E-state index in [9.17, 15) is 17.6 Å². The van der Waals surface area contributed by atoms with Crippen LogP contribution in [-0.4, -0.2) is 19.5 Å². The molecular formula is C10H11F4N. The van der Waals surface area contributed by atoms with Crippen LogP contribution in [0.25, 0.3) is 0 Å². The molecule has 1 aromatic carbocycles. The zero-order valence-electron chi connectivity index (χ0n) is 7.89. The van der Waals surface area contributed by atoms with E-state index in [4.69, 9.17) is 0 Å². The molecule has 1 aromatic rings. The topological polar surface area (TPSA) is 12.0 Å². The number of hydrogen-bond donors (Lipinski definition) is 1. The van der Waals surface area contributed by atoms with Gasteiger partial charge in [0, 0.05) is 5.56 Å². The summed E-state index contributed by atoms with van der Waals surface area (Å²) in [4.78, 5) is 0. The van der Waals surface area contributed by atoms with E-state index in [1.165, 1.54) is 24.3 Å². The molecule has 0 amide bonds. The van der Waals surface area contributed by atoms with Crippen LogP contribution in [0.3, 0.4) is 0 Å². The first-order chi connectivity index (χ1) is 7.02. The van der Waals surface area contributed by atoms with Crippen LogP contribution < -0.4 is 5.32 Å². The van der Waals surface area contributed by atoms with Crippen LogP contribution in [0.5, 0.6) is 0 Å². The van der Waals surface area contributed by atoms with Crippen LogP contribution in [0.15, 0.2) is 30.3 Å². The summed E-state index contributed by atoms with van der Waals surface area (Å²) in [6.07, 6.45) is -2.61. The van der Waals surface area contributed by atoms with Crippen molar-refractivity contribution in [1.29, 1.82) is 0 Å². The number of nitrogens with one attached hydrogen (secondary N) is 1. The molecule has 0 saturated carbocycles. The van der Waals surface area contributed by atoms with Crippen LogP contribution >= 0.6 is 0 Å². The molecule has 0 atom stereocenters. The second-order valence-corrected chi connectivity index (χ2v) is 3.09. The lowest BCUT2D eigenvalue weighted by molar-refractivity contribution is -0.00653. The average molecular weight is 221 g/mol. The van der Waals surface area contributed by atoms with Crippen molar-refractivity contribution < 1.29 is 17.6 Å². The Hall–Kier alpha value is -1.10. The van der Waals surface area contributed by atoms with E-state index in [-0.39, 0.29) is 5.56 Å². The molecule has 84 valence electrons. The highest BCUT2D eigenvalue weighted by atomic mass is 19.3. The van der Waals surface area contributed by atoms with Gasteiger partial charge in [0.15, 0.2) is 0 Å². The third-order valence-electron chi connectivity index (χ3n) is 1.84. The highest BCUT2D eigenvalue weighted by molar-refractivity contribution is 5.20. The smallest absolute Gasteiger partial charge is 0.285 e. The first kappa shape index (κ1) is 12.0. The van der Waals surface area contributed by atoms with Crippen LogP contribution in [0.1, 0.15) is 5.56 Å². The minimum atomic E-state index is -3.11. The predicted octanol–water partition coefficient (Wildman–Crippen LogP) is 2.63. The summed E-state index contributed by atoms with van der Waals surface area (Å²) in [5, 5.41) is 2.02. The predicted molar refractivity (Wildman–Crippen MR) is 49.2 cm³/mol. The molecule has 0 saturated heterocycles. The Morgan fingerprint density at radius 1 is 1.13 bits per heavy atom. The fraction of sp³-hybridized carbons (Fsp3) is 0.400.